The maximum atomic E-state index is 10.9. The molecule has 3 aromatic carbocycles. The van der Waals surface area contributed by atoms with Gasteiger partial charge >= 0.3 is 0 Å². The highest BCUT2D eigenvalue weighted by atomic mass is 16.6. The number of fused-ring (bicyclic) bond motifs is 3. The molecular formula is C20H11N3O3. The maximum absolute atomic E-state index is 10.9. The topological polar surface area (TPSA) is 93.0 Å². The molecule has 6 heteroatoms. The summed E-state index contributed by atoms with van der Waals surface area (Å²) in [6.07, 6.45) is 3.35. The molecule has 124 valence electrons. The molecule has 0 bridgehead atoms. The number of hydrogen-bond acceptors (Lipinski definition) is 5. The predicted molar refractivity (Wildman–Crippen MR) is 98.3 cm³/mol. The molecule has 0 radical (unpaired) electrons. The molecule has 0 aliphatic rings. The van der Waals surface area contributed by atoms with Crippen LogP contribution in [0.5, 0.6) is 0 Å². The van der Waals surface area contributed by atoms with E-state index in [-0.39, 0.29) is 5.69 Å². The minimum atomic E-state index is -0.438. The van der Waals surface area contributed by atoms with Crippen LogP contribution >= 0.6 is 0 Å². The van der Waals surface area contributed by atoms with Gasteiger partial charge in [-0.2, -0.15) is 5.26 Å². The first-order chi connectivity index (χ1) is 12.7. The molecule has 1 aromatic heterocycles. The summed E-state index contributed by atoms with van der Waals surface area (Å²) in [5, 5.41) is 21.9. The molecule has 0 unspecified atom stereocenters. The van der Waals surface area contributed by atoms with E-state index in [0.717, 1.165) is 10.8 Å². The molecule has 0 saturated heterocycles. The van der Waals surface area contributed by atoms with Crippen LogP contribution in [-0.2, 0) is 0 Å². The standard InChI is InChI=1S/C20H11N3O3/c21-12-14-11-18-20(17-7-2-1-6-16(14)17)22-19(26-18)9-8-13-4-3-5-15(10-13)23(24)25/h1-11H. The van der Waals surface area contributed by atoms with Crippen LogP contribution in [0.3, 0.4) is 0 Å². The first-order valence-electron chi connectivity index (χ1n) is 7.80. The number of nitro benzene ring substituents is 1. The lowest BCUT2D eigenvalue weighted by atomic mass is 10.0. The molecule has 0 spiro atoms. The van der Waals surface area contributed by atoms with Gasteiger partial charge in [-0.1, -0.05) is 36.4 Å². The second-order valence-electron chi connectivity index (χ2n) is 5.67. The minimum absolute atomic E-state index is 0.0226. The van der Waals surface area contributed by atoms with Gasteiger partial charge in [-0.05, 0) is 11.6 Å². The fraction of sp³-hybridized carbons (Fsp3) is 0. The van der Waals surface area contributed by atoms with Gasteiger partial charge in [-0.15, -0.1) is 0 Å². The average Bonchev–Trinajstić information content (AvgIpc) is 3.09. The highest BCUT2D eigenvalue weighted by molar-refractivity contribution is 6.06. The smallest absolute Gasteiger partial charge is 0.270 e. The van der Waals surface area contributed by atoms with E-state index in [9.17, 15) is 15.4 Å². The average molecular weight is 341 g/mol. The van der Waals surface area contributed by atoms with Crippen molar-refractivity contribution < 1.29 is 9.34 Å². The first-order valence-corrected chi connectivity index (χ1v) is 7.80. The van der Waals surface area contributed by atoms with Gasteiger partial charge < -0.3 is 4.42 Å². The van der Waals surface area contributed by atoms with E-state index in [1.807, 2.05) is 24.3 Å². The number of hydrogen-bond donors (Lipinski definition) is 0. The van der Waals surface area contributed by atoms with Crippen molar-refractivity contribution in [2.75, 3.05) is 0 Å². The van der Waals surface area contributed by atoms with Crippen molar-refractivity contribution in [2.45, 2.75) is 0 Å². The van der Waals surface area contributed by atoms with Crippen LogP contribution in [0.2, 0.25) is 0 Å². The monoisotopic (exact) mass is 341 g/mol. The molecule has 4 aromatic rings. The molecular weight excluding hydrogens is 330 g/mol. The van der Waals surface area contributed by atoms with Gasteiger partial charge in [0, 0.05) is 35.0 Å². The van der Waals surface area contributed by atoms with Crippen LogP contribution in [0.25, 0.3) is 34.0 Å². The second-order valence-corrected chi connectivity index (χ2v) is 5.67. The summed E-state index contributed by atoms with van der Waals surface area (Å²) >= 11 is 0. The molecule has 0 N–H and O–H groups in total. The summed E-state index contributed by atoms with van der Waals surface area (Å²) in [6, 6.07) is 17.7. The van der Waals surface area contributed by atoms with Crippen LogP contribution in [-0.4, -0.2) is 9.91 Å². The minimum Gasteiger partial charge on any atom is -0.437 e. The summed E-state index contributed by atoms with van der Waals surface area (Å²) in [5.41, 5.74) is 2.43. The Hall–Kier alpha value is -3.98. The van der Waals surface area contributed by atoms with Gasteiger partial charge in [0.2, 0.25) is 5.89 Å². The maximum Gasteiger partial charge on any atom is 0.270 e. The Bertz CT molecular complexity index is 1230. The number of nitro groups is 1. The summed E-state index contributed by atoms with van der Waals surface area (Å²) < 4.78 is 5.74. The molecule has 1 heterocycles. The largest absolute Gasteiger partial charge is 0.437 e. The Labute approximate surface area is 147 Å². The molecule has 0 atom stereocenters. The van der Waals surface area contributed by atoms with E-state index in [1.165, 1.54) is 12.1 Å². The van der Waals surface area contributed by atoms with Crippen LogP contribution in [0.4, 0.5) is 5.69 Å². The predicted octanol–water partition coefficient (Wildman–Crippen LogP) is 4.93. The number of nitriles is 1. The highest BCUT2D eigenvalue weighted by Crippen LogP contribution is 2.29. The SMILES string of the molecule is N#Cc1cc2oc(C=Cc3cccc([N+](=O)[O-])c3)nc2c2ccccc12. The van der Waals surface area contributed by atoms with Gasteiger partial charge in [0.15, 0.2) is 5.58 Å². The van der Waals surface area contributed by atoms with E-state index in [2.05, 4.69) is 11.1 Å². The third-order valence-corrected chi connectivity index (χ3v) is 4.04. The molecule has 0 fully saturated rings. The Kier molecular flexibility index (Phi) is 3.67. The van der Waals surface area contributed by atoms with E-state index in [4.69, 9.17) is 4.42 Å². The number of non-ortho nitro benzene ring substituents is 1. The van der Waals surface area contributed by atoms with Crippen molar-refractivity contribution in [2.24, 2.45) is 0 Å². The summed E-state index contributed by atoms with van der Waals surface area (Å²) in [6.45, 7) is 0. The molecule has 0 saturated carbocycles. The lowest BCUT2D eigenvalue weighted by molar-refractivity contribution is -0.384. The zero-order valence-electron chi connectivity index (χ0n) is 13.4. The molecule has 6 nitrogen and oxygen atoms in total. The lowest BCUT2D eigenvalue weighted by Gasteiger charge is -1.99. The number of oxazole rings is 1. The Morgan fingerprint density at radius 2 is 1.88 bits per heavy atom. The normalized spacial score (nSPS) is 11.2. The Morgan fingerprint density at radius 3 is 2.65 bits per heavy atom. The van der Waals surface area contributed by atoms with Gasteiger partial charge in [-0.25, -0.2) is 4.98 Å². The van der Waals surface area contributed by atoms with Gasteiger partial charge in [0.1, 0.15) is 5.52 Å². The zero-order valence-corrected chi connectivity index (χ0v) is 13.4. The van der Waals surface area contributed by atoms with E-state index >= 15 is 0 Å². The number of rotatable bonds is 3. The van der Waals surface area contributed by atoms with E-state index in [0.29, 0.717) is 28.1 Å². The first kappa shape index (κ1) is 15.5. The molecule has 0 aliphatic carbocycles. The summed E-state index contributed by atoms with van der Waals surface area (Å²) in [5.74, 6) is 0.367. The fourth-order valence-corrected chi connectivity index (χ4v) is 2.85. The van der Waals surface area contributed by atoms with Crippen molar-refractivity contribution in [3.63, 3.8) is 0 Å². The molecule has 4 rings (SSSR count). The van der Waals surface area contributed by atoms with Crippen LogP contribution in [0, 0.1) is 21.4 Å². The summed E-state index contributed by atoms with van der Waals surface area (Å²) in [7, 11) is 0. The second kappa shape index (κ2) is 6.15. The molecule has 0 aliphatic heterocycles. The van der Waals surface area contributed by atoms with Crippen molar-refractivity contribution in [1.82, 2.24) is 4.98 Å². The van der Waals surface area contributed by atoms with Crippen molar-refractivity contribution >= 4 is 39.7 Å². The number of aromatic nitrogens is 1. The zero-order chi connectivity index (χ0) is 18.1. The molecule has 0 amide bonds. The van der Waals surface area contributed by atoms with Gasteiger partial charge in [0.05, 0.1) is 16.6 Å². The summed E-state index contributed by atoms with van der Waals surface area (Å²) in [4.78, 5) is 14.9. The molecule has 26 heavy (non-hydrogen) atoms. The van der Waals surface area contributed by atoms with Crippen molar-refractivity contribution in [3.8, 4) is 6.07 Å². The quantitative estimate of drug-likeness (QED) is 0.389. The fourth-order valence-electron chi connectivity index (χ4n) is 2.85. The Balaban J connectivity index is 1.79. The van der Waals surface area contributed by atoms with Crippen LogP contribution in [0.1, 0.15) is 17.0 Å². The third-order valence-electron chi connectivity index (χ3n) is 4.04. The van der Waals surface area contributed by atoms with Crippen molar-refractivity contribution in [3.05, 3.63) is 81.7 Å². The van der Waals surface area contributed by atoms with Crippen molar-refractivity contribution in [1.29, 1.82) is 5.26 Å². The third kappa shape index (κ3) is 2.68. The van der Waals surface area contributed by atoms with E-state index < -0.39 is 4.92 Å². The van der Waals surface area contributed by atoms with Gasteiger partial charge in [0.25, 0.3) is 5.69 Å². The number of nitrogens with zero attached hydrogens (tertiary/aromatic N) is 3. The van der Waals surface area contributed by atoms with Crippen LogP contribution < -0.4 is 0 Å². The van der Waals surface area contributed by atoms with Gasteiger partial charge in [-0.3, -0.25) is 10.1 Å². The number of benzene rings is 3. The lowest BCUT2D eigenvalue weighted by Crippen LogP contribution is -1.87. The van der Waals surface area contributed by atoms with E-state index in [1.54, 1.807) is 30.4 Å². The van der Waals surface area contributed by atoms with Crippen LogP contribution in [0.15, 0.2) is 59.0 Å². The Morgan fingerprint density at radius 1 is 1.08 bits per heavy atom. The highest BCUT2D eigenvalue weighted by Gasteiger charge is 2.11.